The normalized spacial score (nSPS) is 14.1. The summed E-state index contributed by atoms with van der Waals surface area (Å²) in [4.78, 5) is 10.1. The van der Waals surface area contributed by atoms with Gasteiger partial charge in [0.25, 0.3) is 0 Å². The topological polar surface area (TPSA) is 129 Å². The van der Waals surface area contributed by atoms with Crippen LogP contribution < -0.4 is 0 Å². The predicted octanol–water partition coefficient (Wildman–Crippen LogP) is 13.7. The minimum Gasteiger partial charge on any atom is -0.417 e. The first-order valence-electron chi connectivity index (χ1n) is 26.6. The van der Waals surface area contributed by atoms with E-state index in [1.165, 1.54) is 75.5 Å². The first-order chi connectivity index (χ1) is 32.3. The predicted molar refractivity (Wildman–Crippen MR) is 307 cm³/mol. The molecular weight excluding hydrogens is 1030 g/mol. The fourth-order valence-corrected chi connectivity index (χ4v) is 42.1. The molecule has 14 nitrogen and oxygen atoms in total. The average molecular weight is 1140 g/mol. The molecule has 0 atom stereocenters. The number of rotatable bonds is 48. The first-order valence-corrected chi connectivity index (χ1v) is 50.5. The van der Waals surface area contributed by atoms with Gasteiger partial charge in [0.1, 0.15) is 0 Å². The van der Waals surface area contributed by atoms with Crippen LogP contribution in [0.25, 0.3) is 0 Å². The van der Waals surface area contributed by atoms with Crippen LogP contribution in [-0.2, 0) is 62.0 Å². The highest BCUT2D eigenvalue weighted by atomic mass is 28.5. The van der Waals surface area contributed by atoms with E-state index >= 15 is 0 Å². The van der Waals surface area contributed by atoms with Gasteiger partial charge in [-0.05, 0) is 90.0 Å². The fourth-order valence-electron chi connectivity index (χ4n) is 9.35. The van der Waals surface area contributed by atoms with Crippen LogP contribution in [0.5, 0.6) is 0 Å². The smallest absolute Gasteiger partial charge is 0.417 e. The van der Waals surface area contributed by atoms with Gasteiger partial charge in [0.05, 0.1) is 13.2 Å². The molecule has 0 rings (SSSR count). The third-order valence-electron chi connectivity index (χ3n) is 14.0. The summed E-state index contributed by atoms with van der Waals surface area (Å²) in [7, 11) is -6.32. The summed E-state index contributed by atoms with van der Waals surface area (Å²) in [5.74, 6) is 0. The minimum absolute atomic E-state index is 0.619. The van der Waals surface area contributed by atoms with E-state index in [-0.39, 0.29) is 0 Å². The molecule has 0 saturated heterocycles. The maximum absolute atomic E-state index is 7.75. The van der Waals surface area contributed by atoms with Gasteiger partial charge in [-0.15, -0.1) is 0 Å². The monoisotopic (exact) mass is 1140 g/mol. The van der Waals surface area contributed by atoms with E-state index in [2.05, 4.69) is 65.5 Å². The Balaban J connectivity index is 6.38. The standard InChI is InChI=1S/C46H112O14Si9/c1-21-56-57-35-29-27-25-23-22-24-26-28-30-36-61(11,12)45-46-62(13,14)37-31-44-69(58-63(15,16)38-32-41-66(47-2,48-3)49-4,59-64(17,18)39-33-42-67(50-5,51-6)52-7)60-65(19,20)40-34-43-68(53-8,54-9)55-10/h21-46H2,1-20H3. The van der Waals surface area contributed by atoms with Crippen molar-refractivity contribution in [3.05, 3.63) is 0 Å². The molecule has 0 saturated carbocycles. The lowest BCUT2D eigenvalue weighted by Crippen LogP contribution is -2.62. The van der Waals surface area contributed by atoms with Crippen molar-refractivity contribution in [3.63, 3.8) is 0 Å². The molecule has 0 unspecified atom stereocenters. The van der Waals surface area contributed by atoms with Gasteiger partial charge < -0.3 is 52.2 Å². The second-order valence-electron chi connectivity index (χ2n) is 22.6. The largest absolute Gasteiger partial charge is 0.500 e. The van der Waals surface area contributed by atoms with Crippen LogP contribution in [0.3, 0.4) is 0 Å². The molecule has 23 heteroatoms. The second kappa shape index (κ2) is 35.7. The van der Waals surface area contributed by atoms with E-state index in [1.54, 1.807) is 64.0 Å². The second-order valence-corrected chi connectivity index (χ2v) is 58.9. The summed E-state index contributed by atoms with van der Waals surface area (Å²) in [5, 5.41) is 0. The number of hydrogen-bond acceptors (Lipinski definition) is 14. The van der Waals surface area contributed by atoms with Gasteiger partial charge >= 0.3 is 35.2 Å². The zero-order valence-corrected chi connectivity index (χ0v) is 57.6. The van der Waals surface area contributed by atoms with Crippen molar-refractivity contribution in [2.24, 2.45) is 0 Å². The Bertz CT molecular complexity index is 1160. The molecule has 69 heavy (non-hydrogen) atoms. The molecule has 0 aromatic rings. The van der Waals surface area contributed by atoms with Crippen LogP contribution in [0.15, 0.2) is 0 Å². The van der Waals surface area contributed by atoms with Gasteiger partial charge in [0.15, 0.2) is 25.0 Å². The zero-order valence-electron chi connectivity index (χ0n) is 48.6. The van der Waals surface area contributed by atoms with E-state index in [4.69, 9.17) is 62.0 Å². The fraction of sp³-hybridized carbons (Fsp3) is 1.00. The van der Waals surface area contributed by atoms with Crippen molar-refractivity contribution in [2.45, 2.75) is 222 Å². The van der Waals surface area contributed by atoms with Gasteiger partial charge in [0.2, 0.25) is 0 Å². The lowest BCUT2D eigenvalue weighted by Gasteiger charge is -2.45. The van der Waals surface area contributed by atoms with E-state index in [0.717, 1.165) is 74.4 Å². The van der Waals surface area contributed by atoms with E-state index in [1.807, 2.05) is 6.92 Å². The van der Waals surface area contributed by atoms with Gasteiger partial charge in [-0.1, -0.05) is 108 Å². The summed E-state index contributed by atoms with van der Waals surface area (Å²) in [5.41, 5.74) is 0. The highest BCUT2D eigenvalue weighted by Crippen LogP contribution is 2.38. The first kappa shape index (κ1) is 70.4. The van der Waals surface area contributed by atoms with Crippen LogP contribution in [-0.4, -0.2) is 154 Å². The minimum atomic E-state index is -3.31. The molecule has 0 amide bonds. The van der Waals surface area contributed by atoms with Crippen LogP contribution >= 0.6 is 0 Å². The van der Waals surface area contributed by atoms with Crippen molar-refractivity contribution >= 4 is 76.3 Å². The van der Waals surface area contributed by atoms with Crippen LogP contribution in [0.1, 0.15) is 90.4 Å². The van der Waals surface area contributed by atoms with E-state index < -0.39 is 76.3 Å². The highest BCUT2D eigenvalue weighted by Gasteiger charge is 2.53. The lowest BCUT2D eigenvalue weighted by atomic mass is 10.1. The number of unbranched alkanes of at least 4 members (excludes halogenated alkanes) is 8. The molecule has 0 heterocycles. The molecule has 0 aromatic carbocycles. The Kier molecular flexibility index (Phi) is 36.4. The quantitative estimate of drug-likeness (QED) is 0.0248. The Morgan fingerprint density at radius 1 is 0.246 bits per heavy atom. The summed E-state index contributed by atoms with van der Waals surface area (Å²) in [6.07, 6.45) is 15.5. The summed E-state index contributed by atoms with van der Waals surface area (Å²) in [6, 6.07) is 11.3. The Hall–Kier alpha value is 1.39. The molecule has 416 valence electrons. The van der Waals surface area contributed by atoms with Gasteiger partial charge in [0, 0.05) is 104 Å². The molecule has 0 aliphatic heterocycles. The Labute approximate surface area is 435 Å². The SMILES string of the molecule is CCOOCCCCCCCCCCC[Si](C)(C)CC[Si](C)(C)CCC[Si](O[Si](C)(C)CCC[Si](OC)(OC)OC)(O[Si](C)(C)CCC[Si](OC)(OC)OC)O[Si](C)(C)CCC[Si](OC)(OC)OC. The zero-order chi connectivity index (χ0) is 52.8. The van der Waals surface area contributed by atoms with Gasteiger partial charge in [-0.3, -0.25) is 0 Å². The molecule has 0 N–H and O–H groups in total. The molecular formula is C46H112O14Si9. The maximum atomic E-state index is 7.75. The van der Waals surface area contributed by atoms with Crippen molar-refractivity contribution in [2.75, 3.05) is 77.2 Å². The molecule has 0 spiro atoms. The molecule has 0 aromatic heterocycles. The molecule has 0 radical (unpaired) electrons. The van der Waals surface area contributed by atoms with Gasteiger partial charge in [-0.2, -0.15) is 0 Å². The van der Waals surface area contributed by atoms with E-state index in [0.29, 0.717) is 13.2 Å². The van der Waals surface area contributed by atoms with Crippen LogP contribution in [0.2, 0.25) is 132 Å². The summed E-state index contributed by atoms with van der Waals surface area (Å²) >= 11 is 0. The Morgan fingerprint density at radius 2 is 0.507 bits per heavy atom. The van der Waals surface area contributed by atoms with Crippen LogP contribution in [0, 0.1) is 0 Å². The number of hydrogen-bond donors (Lipinski definition) is 0. The molecule has 0 aliphatic rings. The molecule has 0 fully saturated rings. The van der Waals surface area contributed by atoms with Crippen molar-refractivity contribution in [1.82, 2.24) is 0 Å². The van der Waals surface area contributed by atoms with E-state index in [9.17, 15) is 0 Å². The third kappa shape index (κ3) is 30.7. The maximum Gasteiger partial charge on any atom is 0.500 e. The Morgan fingerprint density at radius 3 is 0.812 bits per heavy atom. The molecule has 0 bridgehead atoms. The summed E-state index contributed by atoms with van der Waals surface area (Å²) in [6.45, 7) is 27.9. The van der Waals surface area contributed by atoms with Crippen molar-refractivity contribution in [3.8, 4) is 0 Å². The van der Waals surface area contributed by atoms with Gasteiger partial charge in [-0.25, -0.2) is 9.78 Å². The third-order valence-corrected chi connectivity index (χ3v) is 45.6. The molecule has 0 aliphatic carbocycles. The van der Waals surface area contributed by atoms with Crippen LogP contribution in [0.4, 0.5) is 0 Å². The highest BCUT2D eigenvalue weighted by molar-refractivity contribution is 6.91. The average Bonchev–Trinajstić information content (AvgIpc) is 3.29. The van der Waals surface area contributed by atoms with Crippen molar-refractivity contribution < 1.29 is 62.0 Å². The lowest BCUT2D eigenvalue weighted by molar-refractivity contribution is -0.291. The van der Waals surface area contributed by atoms with Crippen molar-refractivity contribution in [1.29, 1.82) is 0 Å². The summed E-state index contributed by atoms with van der Waals surface area (Å²) < 4.78 is 75.7.